The Morgan fingerprint density at radius 1 is 1.20 bits per heavy atom. The van der Waals surface area contributed by atoms with E-state index in [0.29, 0.717) is 22.4 Å². The number of nitrogens with zero attached hydrogens (tertiary/aromatic N) is 2. The molecule has 0 aliphatic carbocycles. The van der Waals surface area contributed by atoms with Crippen molar-refractivity contribution in [1.82, 2.24) is 14.9 Å². The van der Waals surface area contributed by atoms with Crippen LogP contribution in [-0.2, 0) is 13.6 Å². The molecule has 7 nitrogen and oxygen atoms in total. The van der Waals surface area contributed by atoms with Crippen molar-refractivity contribution in [2.24, 2.45) is 7.05 Å². The fourth-order valence-electron chi connectivity index (χ4n) is 2.73. The minimum absolute atomic E-state index is 0.0736. The van der Waals surface area contributed by atoms with E-state index < -0.39 is 5.91 Å². The molecule has 0 saturated carbocycles. The average Bonchev–Trinajstić information content (AvgIpc) is 3.10. The van der Waals surface area contributed by atoms with Crippen molar-refractivity contribution in [1.29, 1.82) is 0 Å². The fraction of sp³-hybridized carbons (Fsp3) is 0.167. The summed E-state index contributed by atoms with van der Waals surface area (Å²) in [6.45, 7) is 0.492. The lowest BCUT2D eigenvalue weighted by Crippen LogP contribution is -2.32. The SMILES string of the molecule is Cn1c(C(=O)NCc2ccc3c(c2)OCO3)nc2ccccc2c1=O. The van der Waals surface area contributed by atoms with E-state index in [1.54, 1.807) is 30.3 Å². The smallest absolute Gasteiger partial charge is 0.287 e. The van der Waals surface area contributed by atoms with Gasteiger partial charge in [-0.05, 0) is 29.8 Å². The zero-order valence-corrected chi connectivity index (χ0v) is 13.5. The van der Waals surface area contributed by atoms with Gasteiger partial charge in [0.2, 0.25) is 12.6 Å². The molecular weight excluding hydrogens is 322 g/mol. The molecule has 1 N–H and O–H groups in total. The molecule has 0 unspecified atom stereocenters. The molecule has 126 valence electrons. The topological polar surface area (TPSA) is 82.5 Å². The molecular formula is C18H15N3O4. The number of aromatic nitrogens is 2. The Bertz CT molecular complexity index is 1040. The van der Waals surface area contributed by atoms with Crippen LogP contribution in [0.1, 0.15) is 16.2 Å². The van der Waals surface area contributed by atoms with E-state index >= 15 is 0 Å². The summed E-state index contributed by atoms with van der Waals surface area (Å²) >= 11 is 0. The molecule has 1 aromatic heterocycles. The van der Waals surface area contributed by atoms with Crippen molar-refractivity contribution >= 4 is 16.8 Å². The van der Waals surface area contributed by atoms with E-state index in [0.717, 1.165) is 5.56 Å². The highest BCUT2D eigenvalue weighted by Crippen LogP contribution is 2.32. The van der Waals surface area contributed by atoms with Gasteiger partial charge in [0.25, 0.3) is 11.5 Å². The molecule has 1 aliphatic heterocycles. The van der Waals surface area contributed by atoms with Gasteiger partial charge >= 0.3 is 0 Å². The highest BCUT2D eigenvalue weighted by molar-refractivity contribution is 5.92. The van der Waals surface area contributed by atoms with Gasteiger partial charge in [-0.15, -0.1) is 0 Å². The van der Waals surface area contributed by atoms with Crippen LogP contribution in [0, 0.1) is 0 Å². The van der Waals surface area contributed by atoms with Crippen molar-refractivity contribution in [2.75, 3.05) is 6.79 Å². The van der Waals surface area contributed by atoms with Crippen LogP contribution in [0.25, 0.3) is 10.9 Å². The standard InChI is InChI=1S/C18H15N3O4/c1-21-16(20-13-5-3-2-4-12(13)18(21)23)17(22)19-9-11-6-7-14-15(8-11)25-10-24-14/h2-8H,9-10H2,1H3,(H,19,22). The lowest BCUT2D eigenvalue weighted by atomic mass is 10.2. The van der Waals surface area contributed by atoms with Crippen molar-refractivity contribution in [3.63, 3.8) is 0 Å². The number of amides is 1. The molecule has 0 spiro atoms. The lowest BCUT2D eigenvalue weighted by Gasteiger charge is -2.10. The van der Waals surface area contributed by atoms with Gasteiger partial charge in [-0.25, -0.2) is 4.98 Å². The summed E-state index contributed by atoms with van der Waals surface area (Å²) in [5.41, 5.74) is 1.11. The molecule has 2 aromatic carbocycles. The Morgan fingerprint density at radius 3 is 2.88 bits per heavy atom. The maximum atomic E-state index is 12.5. The predicted octanol–water partition coefficient (Wildman–Crippen LogP) is 1.59. The molecule has 0 bridgehead atoms. The van der Waals surface area contributed by atoms with E-state index in [1.165, 1.54) is 11.6 Å². The van der Waals surface area contributed by atoms with Crippen LogP contribution in [0.2, 0.25) is 0 Å². The van der Waals surface area contributed by atoms with Gasteiger partial charge in [-0.3, -0.25) is 14.2 Å². The van der Waals surface area contributed by atoms with Crippen molar-refractivity contribution in [3.8, 4) is 11.5 Å². The zero-order chi connectivity index (χ0) is 17.4. The van der Waals surface area contributed by atoms with E-state index in [9.17, 15) is 9.59 Å². The van der Waals surface area contributed by atoms with E-state index in [2.05, 4.69) is 10.3 Å². The first-order valence-electron chi connectivity index (χ1n) is 7.76. The summed E-state index contributed by atoms with van der Waals surface area (Å²) in [4.78, 5) is 29.2. The third kappa shape index (κ3) is 2.69. The third-order valence-electron chi connectivity index (χ3n) is 4.08. The van der Waals surface area contributed by atoms with Crippen molar-refractivity contribution in [3.05, 3.63) is 64.2 Å². The molecule has 0 fully saturated rings. The van der Waals surface area contributed by atoms with Crippen molar-refractivity contribution < 1.29 is 14.3 Å². The second-order valence-corrected chi connectivity index (χ2v) is 5.69. The second-order valence-electron chi connectivity index (χ2n) is 5.69. The number of hydrogen-bond acceptors (Lipinski definition) is 5. The summed E-state index contributed by atoms with van der Waals surface area (Å²) in [6, 6.07) is 12.4. The average molecular weight is 337 g/mol. The van der Waals surface area contributed by atoms with Crippen LogP contribution in [0.5, 0.6) is 11.5 Å². The molecule has 0 radical (unpaired) electrons. The number of benzene rings is 2. The highest BCUT2D eigenvalue weighted by atomic mass is 16.7. The van der Waals surface area contributed by atoms with Crippen molar-refractivity contribution in [2.45, 2.75) is 6.54 Å². The van der Waals surface area contributed by atoms with Crippen LogP contribution >= 0.6 is 0 Å². The molecule has 0 saturated heterocycles. The largest absolute Gasteiger partial charge is 0.454 e. The maximum absolute atomic E-state index is 12.5. The molecule has 2 heterocycles. The first-order chi connectivity index (χ1) is 12.1. The van der Waals surface area contributed by atoms with Gasteiger partial charge in [0.15, 0.2) is 11.5 Å². The Balaban J connectivity index is 1.58. The monoisotopic (exact) mass is 337 g/mol. The number of carbonyl (C=O) groups excluding carboxylic acids is 1. The zero-order valence-electron chi connectivity index (χ0n) is 13.5. The summed E-state index contributed by atoms with van der Waals surface area (Å²) in [7, 11) is 1.54. The normalized spacial score (nSPS) is 12.4. The molecule has 7 heteroatoms. The number of fused-ring (bicyclic) bond motifs is 2. The number of para-hydroxylation sites is 1. The van der Waals surface area contributed by atoms with E-state index in [-0.39, 0.29) is 24.7 Å². The maximum Gasteiger partial charge on any atom is 0.287 e. The van der Waals surface area contributed by atoms with Gasteiger partial charge in [-0.1, -0.05) is 18.2 Å². The van der Waals surface area contributed by atoms with Gasteiger partial charge in [0, 0.05) is 13.6 Å². The van der Waals surface area contributed by atoms with Crippen LogP contribution in [-0.4, -0.2) is 22.3 Å². The molecule has 3 aromatic rings. The molecule has 25 heavy (non-hydrogen) atoms. The summed E-state index contributed by atoms with van der Waals surface area (Å²) in [5.74, 6) is 1.00. The van der Waals surface area contributed by atoms with Crippen LogP contribution < -0.4 is 20.3 Å². The number of nitrogens with one attached hydrogen (secondary N) is 1. The van der Waals surface area contributed by atoms with Gasteiger partial charge < -0.3 is 14.8 Å². The predicted molar refractivity (Wildman–Crippen MR) is 90.7 cm³/mol. The van der Waals surface area contributed by atoms with Gasteiger partial charge in [0.1, 0.15) is 0 Å². The Morgan fingerprint density at radius 2 is 2.00 bits per heavy atom. The minimum Gasteiger partial charge on any atom is -0.454 e. The third-order valence-corrected chi connectivity index (χ3v) is 4.08. The first kappa shape index (κ1) is 15.2. The van der Waals surface area contributed by atoms with E-state index in [1.807, 2.05) is 12.1 Å². The number of hydrogen-bond donors (Lipinski definition) is 1. The van der Waals surface area contributed by atoms with Crippen LogP contribution in [0.4, 0.5) is 0 Å². The van der Waals surface area contributed by atoms with Crippen LogP contribution in [0.3, 0.4) is 0 Å². The highest BCUT2D eigenvalue weighted by Gasteiger charge is 2.16. The summed E-state index contributed by atoms with van der Waals surface area (Å²) in [5, 5.41) is 3.27. The number of rotatable bonds is 3. The number of ether oxygens (including phenoxy) is 2. The van der Waals surface area contributed by atoms with Gasteiger partial charge in [-0.2, -0.15) is 0 Å². The second kappa shape index (κ2) is 5.94. The Hall–Kier alpha value is -3.35. The summed E-state index contributed by atoms with van der Waals surface area (Å²) in [6.07, 6.45) is 0. The van der Waals surface area contributed by atoms with E-state index in [4.69, 9.17) is 9.47 Å². The quantitative estimate of drug-likeness (QED) is 0.785. The fourth-order valence-corrected chi connectivity index (χ4v) is 2.73. The lowest BCUT2D eigenvalue weighted by molar-refractivity contribution is 0.0936. The molecule has 1 aliphatic rings. The van der Waals surface area contributed by atoms with Crippen LogP contribution in [0.15, 0.2) is 47.3 Å². The van der Waals surface area contributed by atoms with Gasteiger partial charge in [0.05, 0.1) is 10.9 Å². The molecule has 4 rings (SSSR count). The molecule has 1 amide bonds. The minimum atomic E-state index is -0.414. The number of carbonyl (C=O) groups is 1. The molecule has 0 atom stereocenters. The summed E-state index contributed by atoms with van der Waals surface area (Å²) < 4.78 is 11.8. The Labute approximate surface area is 142 Å². The first-order valence-corrected chi connectivity index (χ1v) is 7.76. The Kier molecular flexibility index (Phi) is 3.61.